The predicted octanol–water partition coefficient (Wildman–Crippen LogP) is 3.20. The van der Waals surface area contributed by atoms with Crippen molar-refractivity contribution in [1.82, 2.24) is 10.9 Å². The first-order valence-electron chi connectivity index (χ1n) is 8.57. The summed E-state index contributed by atoms with van der Waals surface area (Å²) in [7, 11) is 0. The first-order chi connectivity index (χ1) is 12.5. The summed E-state index contributed by atoms with van der Waals surface area (Å²) in [5.41, 5.74) is 7.27. The Hall–Kier alpha value is -3.15. The van der Waals surface area contributed by atoms with E-state index in [1.54, 1.807) is 36.4 Å². The van der Waals surface area contributed by atoms with Gasteiger partial charge in [-0.1, -0.05) is 31.0 Å². The number of aryl methyl sites for hydroxylation is 1. The van der Waals surface area contributed by atoms with Gasteiger partial charge in [-0.25, -0.2) is 0 Å². The molecule has 0 spiro atoms. The molecule has 136 valence electrons. The number of anilines is 1. The molecule has 0 aliphatic rings. The Morgan fingerprint density at radius 2 is 1.31 bits per heavy atom. The van der Waals surface area contributed by atoms with E-state index in [-0.39, 0.29) is 5.91 Å². The summed E-state index contributed by atoms with van der Waals surface area (Å²) in [5.74, 6) is -0.873. The summed E-state index contributed by atoms with van der Waals surface area (Å²) < 4.78 is 0. The first kappa shape index (κ1) is 19.2. The third-order valence-corrected chi connectivity index (χ3v) is 3.79. The molecule has 0 aromatic heterocycles. The highest BCUT2D eigenvalue weighted by Crippen LogP contribution is 2.10. The Morgan fingerprint density at radius 1 is 0.808 bits per heavy atom. The zero-order valence-corrected chi connectivity index (χ0v) is 15.0. The lowest BCUT2D eigenvalue weighted by atomic mass is 10.1. The fraction of sp³-hybridized carbons (Fsp3) is 0.250. The van der Waals surface area contributed by atoms with E-state index in [2.05, 4.69) is 16.2 Å². The van der Waals surface area contributed by atoms with Crippen LogP contribution in [-0.4, -0.2) is 17.7 Å². The number of hydrogen-bond acceptors (Lipinski definition) is 3. The van der Waals surface area contributed by atoms with E-state index in [1.165, 1.54) is 0 Å². The van der Waals surface area contributed by atoms with Crippen molar-refractivity contribution >= 4 is 23.4 Å². The maximum absolute atomic E-state index is 12.1. The zero-order valence-electron chi connectivity index (χ0n) is 15.0. The molecule has 0 unspecified atom stereocenters. The van der Waals surface area contributed by atoms with Gasteiger partial charge in [0.1, 0.15) is 0 Å². The fourth-order valence-electron chi connectivity index (χ4n) is 2.23. The number of nitrogens with one attached hydrogen (secondary N) is 3. The lowest BCUT2D eigenvalue weighted by Crippen LogP contribution is -2.41. The molecule has 0 saturated heterocycles. The van der Waals surface area contributed by atoms with Gasteiger partial charge in [-0.3, -0.25) is 25.2 Å². The molecule has 0 heterocycles. The number of rotatable bonds is 6. The molecule has 2 rings (SSSR count). The van der Waals surface area contributed by atoms with Crippen molar-refractivity contribution < 1.29 is 14.4 Å². The van der Waals surface area contributed by atoms with E-state index < -0.39 is 11.8 Å². The highest BCUT2D eigenvalue weighted by Gasteiger charge is 2.09. The predicted molar refractivity (Wildman–Crippen MR) is 101 cm³/mol. The Bertz CT molecular complexity index is 768. The SMILES string of the molecule is CCCCC(=O)Nc1ccc(C(=O)NNC(=O)c2ccc(C)cc2)cc1. The number of benzene rings is 2. The molecule has 0 aliphatic carbocycles. The smallest absolute Gasteiger partial charge is 0.269 e. The summed E-state index contributed by atoms with van der Waals surface area (Å²) in [5, 5.41) is 2.78. The fourth-order valence-corrected chi connectivity index (χ4v) is 2.23. The van der Waals surface area contributed by atoms with Crippen LogP contribution in [0.3, 0.4) is 0 Å². The van der Waals surface area contributed by atoms with Crippen LogP contribution in [0.15, 0.2) is 48.5 Å². The van der Waals surface area contributed by atoms with Gasteiger partial charge in [0.05, 0.1) is 0 Å². The molecule has 26 heavy (non-hydrogen) atoms. The summed E-state index contributed by atoms with van der Waals surface area (Å²) in [6.45, 7) is 3.96. The molecule has 0 saturated carbocycles. The number of hydrogen-bond donors (Lipinski definition) is 3. The van der Waals surface area contributed by atoms with Crippen molar-refractivity contribution in [3.05, 3.63) is 65.2 Å². The molecule has 0 aliphatic heterocycles. The van der Waals surface area contributed by atoms with Gasteiger partial charge < -0.3 is 5.32 Å². The van der Waals surface area contributed by atoms with E-state index in [0.29, 0.717) is 23.2 Å². The Morgan fingerprint density at radius 3 is 1.81 bits per heavy atom. The van der Waals surface area contributed by atoms with Crippen molar-refractivity contribution in [2.45, 2.75) is 33.1 Å². The summed E-state index contributed by atoms with van der Waals surface area (Å²) in [6.07, 6.45) is 2.28. The second-order valence-corrected chi connectivity index (χ2v) is 6.00. The van der Waals surface area contributed by atoms with Gasteiger partial charge in [-0.15, -0.1) is 0 Å². The van der Waals surface area contributed by atoms with Crippen molar-refractivity contribution in [1.29, 1.82) is 0 Å². The van der Waals surface area contributed by atoms with Crippen LogP contribution in [0.2, 0.25) is 0 Å². The molecule has 2 aromatic rings. The van der Waals surface area contributed by atoms with Crippen LogP contribution in [-0.2, 0) is 4.79 Å². The molecular weight excluding hydrogens is 330 g/mol. The largest absolute Gasteiger partial charge is 0.326 e. The van der Waals surface area contributed by atoms with Gasteiger partial charge in [0.2, 0.25) is 5.91 Å². The monoisotopic (exact) mass is 353 g/mol. The zero-order chi connectivity index (χ0) is 18.9. The number of amides is 3. The molecule has 6 heteroatoms. The molecule has 3 amide bonds. The molecule has 0 radical (unpaired) electrons. The third kappa shape index (κ3) is 5.73. The van der Waals surface area contributed by atoms with Crippen molar-refractivity contribution in [2.24, 2.45) is 0 Å². The summed E-state index contributed by atoms with van der Waals surface area (Å²) in [4.78, 5) is 35.8. The Balaban J connectivity index is 1.86. The highest BCUT2D eigenvalue weighted by molar-refractivity contribution is 5.99. The normalized spacial score (nSPS) is 10.1. The molecule has 2 aromatic carbocycles. The van der Waals surface area contributed by atoms with Crippen LogP contribution in [0.1, 0.15) is 52.5 Å². The van der Waals surface area contributed by atoms with Gasteiger partial charge >= 0.3 is 0 Å². The minimum absolute atomic E-state index is 0.0468. The number of carbonyl (C=O) groups is 3. The highest BCUT2D eigenvalue weighted by atomic mass is 16.2. The van der Waals surface area contributed by atoms with E-state index >= 15 is 0 Å². The molecular formula is C20H23N3O3. The van der Waals surface area contributed by atoms with Crippen LogP contribution in [0.5, 0.6) is 0 Å². The maximum atomic E-state index is 12.1. The van der Waals surface area contributed by atoms with Gasteiger partial charge in [-0.2, -0.15) is 0 Å². The minimum atomic E-state index is -0.436. The van der Waals surface area contributed by atoms with Crippen LogP contribution in [0.25, 0.3) is 0 Å². The van der Waals surface area contributed by atoms with E-state index in [9.17, 15) is 14.4 Å². The second kappa shape index (κ2) is 9.36. The van der Waals surface area contributed by atoms with Crippen LogP contribution < -0.4 is 16.2 Å². The van der Waals surface area contributed by atoms with Crippen molar-refractivity contribution in [3.63, 3.8) is 0 Å². The average Bonchev–Trinajstić information content (AvgIpc) is 2.65. The molecule has 3 N–H and O–H groups in total. The first-order valence-corrected chi connectivity index (χ1v) is 8.57. The van der Waals surface area contributed by atoms with Gasteiger partial charge in [0.15, 0.2) is 0 Å². The molecule has 6 nitrogen and oxygen atoms in total. The molecule has 0 fully saturated rings. The van der Waals surface area contributed by atoms with Crippen LogP contribution >= 0.6 is 0 Å². The van der Waals surface area contributed by atoms with Crippen molar-refractivity contribution in [3.8, 4) is 0 Å². The van der Waals surface area contributed by atoms with E-state index in [0.717, 1.165) is 18.4 Å². The third-order valence-electron chi connectivity index (χ3n) is 3.79. The Kier molecular flexibility index (Phi) is 6.91. The number of carbonyl (C=O) groups excluding carboxylic acids is 3. The Labute approximate surface area is 153 Å². The van der Waals surface area contributed by atoms with E-state index in [1.807, 2.05) is 26.0 Å². The summed E-state index contributed by atoms with van der Waals surface area (Å²) >= 11 is 0. The lowest BCUT2D eigenvalue weighted by Gasteiger charge is -2.09. The van der Waals surface area contributed by atoms with E-state index in [4.69, 9.17) is 0 Å². The van der Waals surface area contributed by atoms with Gasteiger partial charge in [0, 0.05) is 23.2 Å². The van der Waals surface area contributed by atoms with Crippen molar-refractivity contribution in [2.75, 3.05) is 5.32 Å². The van der Waals surface area contributed by atoms with Gasteiger partial charge in [0.25, 0.3) is 11.8 Å². The van der Waals surface area contributed by atoms with Crippen LogP contribution in [0, 0.1) is 6.92 Å². The molecule has 0 atom stereocenters. The lowest BCUT2D eigenvalue weighted by molar-refractivity contribution is -0.116. The average molecular weight is 353 g/mol. The van der Waals surface area contributed by atoms with Gasteiger partial charge in [-0.05, 0) is 49.7 Å². The number of hydrazine groups is 1. The van der Waals surface area contributed by atoms with Crippen LogP contribution in [0.4, 0.5) is 5.69 Å². The topological polar surface area (TPSA) is 87.3 Å². The summed E-state index contributed by atoms with van der Waals surface area (Å²) in [6, 6.07) is 13.5. The standard InChI is InChI=1S/C20H23N3O3/c1-3-4-5-18(24)21-17-12-10-16(11-13-17)20(26)23-22-19(25)15-8-6-14(2)7-9-15/h6-13H,3-5H2,1-2H3,(H,21,24)(H,22,25)(H,23,26). The second-order valence-electron chi connectivity index (χ2n) is 6.00. The quantitative estimate of drug-likeness (QED) is 0.697. The number of unbranched alkanes of at least 4 members (excludes halogenated alkanes) is 1. The maximum Gasteiger partial charge on any atom is 0.269 e. The minimum Gasteiger partial charge on any atom is -0.326 e. The molecule has 0 bridgehead atoms.